The van der Waals surface area contributed by atoms with Gasteiger partial charge in [-0.3, -0.25) is 0 Å². The number of hydrogen-bond donors (Lipinski definition) is 1. The normalized spacial score (nSPS) is 12.5. The van der Waals surface area contributed by atoms with Gasteiger partial charge in [0, 0.05) is 15.6 Å². The summed E-state index contributed by atoms with van der Waals surface area (Å²) in [7, 11) is 1.52. The minimum Gasteiger partial charge on any atom is -0.309 e. The van der Waals surface area contributed by atoms with Crippen molar-refractivity contribution < 1.29 is 13.2 Å². The Morgan fingerprint density at radius 1 is 1.00 bits per heavy atom. The van der Waals surface area contributed by atoms with Gasteiger partial charge in [0.05, 0.1) is 6.04 Å². The summed E-state index contributed by atoms with van der Waals surface area (Å²) < 4.78 is 42.1. The van der Waals surface area contributed by atoms with Crippen LogP contribution in [0.1, 0.15) is 17.2 Å². The van der Waals surface area contributed by atoms with Gasteiger partial charge in [-0.25, -0.2) is 13.2 Å². The minimum atomic E-state index is -0.890. The van der Waals surface area contributed by atoms with Gasteiger partial charge in [0.2, 0.25) is 0 Å². The third-order valence-electron chi connectivity index (χ3n) is 2.85. The van der Waals surface area contributed by atoms with Crippen molar-refractivity contribution in [3.63, 3.8) is 0 Å². The largest absolute Gasteiger partial charge is 0.309 e. The Labute approximate surface area is 117 Å². The highest BCUT2D eigenvalue weighted by atomic mass is 79.9. The maximum atomic E-state index is 13.9. The van der Waals surface area contributed by atoms with Gasteiger partial charge in [-0.2, -0.15) is 0 Å². The number of hydrogen-bond acceptors (Lipinski definition) is 1. The molecular weight excluding hydrogens is 319 g/mol. The lowest BCUT2D eigenvalue weighted by Gasteiger charge is -2.19. The molecule has 0 saturated heterocycles. The lowest BCUT2D eigenvalue weighted by Crippen LogP contribution is -2.21. The highest BCUT2D eigenvalue weighted by Crippen LogP contribution is 2.30. The Bertz CT molecular complexity index is 581. The third kappa shape index (κ3) is 2.82. The smallest absolute Gasteiger partial charge is 0.131 e. The van der Waals surface area contributed by atoms with Crippen LogP contribution in [-0.4, -0.2) is 7.05 Å². The molecule has 1 atom stereocenters. The fraction of sp³-hybridized carbons (Fsp3) is 0.143. The van der Waals surface area contributed by atoms with Gasteiger partial charge >= 0.3 is 0 Å². The van der Waals surface area contributed by atoms with Gasteiger partial charge in [0.15, 0.2) is 0 Å². The second-order valence-electron chi connectivity index (χ2n) is 4.02. The zero-order chi connectivity index (χ0) is 14.0. The lowest BCUT2D eigenvalue weighted by atomic mass is 9.97. The lowest BCUT2D eigenvalue weighted by molar-refractivity contribution is 0.507. The maximum Gasteiger partial charge on any atom is 0.131 e. The first-order valence-corrected chi connectivity index (χ1v) is 6.40. The molecule has 2 rings (SSSR count). The van der Waals surface area contributed by atoms with Crippen molar-refractivity contribution in [1.29, 1.82) is 0 Å². The fourth-order valence-corrected chi connectivity index (χ4v) is 2.36. The van der Waals surface area contributed by atoms with Crippen LogP contribution in [0.25, 0.3) is 0 Å². The standard InChI is InChI=1S/C14H11BrF3N/c1-19-14(9-7-8(15)5-6-10(9)16)13-11(17)3-2-4-12(13)18/h2-7,14,19H,1H3. The minimum absolute atomic E-state index is 0.181. The Balaban J connectivity index is 2.59. The van der Waals surface area contributed by atoms with Crippen molar-refractivity contribution in [2.24, 2.45) is 0 Å². The molecule has 0 saturated carbocycles. The monoisotopic (exact) mass is 329 g/mol. The van der Waals surface area contributed by atoms with Gasteiger partial charge in [0.25, 0.3) is 0 Å². The molecule has 0 aromatic heterocycles. The molecule has 2 aromatic rings. The zero-order valence-corrected chi connectivity index (χ0v) is 11.6. The average Bonchev–Trinajstić information content (AvgIpc) is 2.37. The van der Waals surface area contributed by atoms with Crippen LogP contribution in [0.5, 0.6) is 0 Å². The number of rotatable bonds is 3. The first-order chi connectivity index (χ1) is 9.04. The van der Waals surface area contributed by atoms with Gasteiger partial charge in [0.1, 0.15) is 17.5 Å². The van der Waals surface area contributed by atoms with Crippen LogP contribution >= 0.6 is 15.9 Å². The van der Waals surface area contributed by atoms with E-state index in [4.69, 9.17) is 0 Å². The van der Waals surface area contributed by atoms with E-state index in [1.807, 2.05) is 0 Å². The molecule has 5 heteroatoms. The summed E-state index contributed by atoms with van der Waals surface area (Å²) in [5.41, 5.74) is -0.0112. The van der Waals surface area contributed by atoms with E-state index in [1.165, 1.54) is 31.3 Å². The first-order valence-electron chi connectivity index (χ1n) is 5.60. The average molecular weight is 330 g/mol. The summed E-state index contributed by atoms with van der Waals surface area (Å²) >= 11 is 3.22. The van der Waals surface area contributed by atoms with Crippen LogP contribution in [0.15, 0.2) is 40.9 Å². The van der Waals surface area contributed by atoms with E-state index in [0.717, 1.165) is 12.1 Å². The number of nitrogens with one attached hydrogen (secondary N) is 1. The molecular formula is C14H11BrF3N. The molecule has 0 spiro atoms. The van der Waals surface area contributed by atoms with E-state index >= 15 is 0 Å². The first kappa shape index (κ1) is 14.1. The van der Waals surface area contributed by atoms with Crippen molar-refractivity contribution in [3.05, 3.63) is 69.4 Å². The Hall–Kier alpha value is -1.33. The molecule has 0 aliphatic heterocycles. The molecule has 1 unspecified atom stereocenters. The molecule has 2 aromatic carbocycles. The third-order valence-corrected chi connectivity index (χ3v) is 3.34. The molecule has 0 bridgehead atoms. The number of benzene rings is 2. The quantitative estimate of drug-likeness (QED) is 0.890. The second kappa shape index (κ2) is 5.75. The van der Waals surface area contributed by atoms with E-state index in [0.29, 0.717) is 4.47 Å². The van der Waals surface area contributed by atoms with E-state index in [-0.39, 0.29) is 11.1 Å². The van der Waals surface area contributed by atoms with Crippen molar-refractivity contribution in [3.8, 4) is 0 Å². The van der Waals surface area contributed by atoms with E-state index in [9.17, 15) is 13.2 Å². The van der Waals surface area contributed by atoms with Gasteiger partial charge in [-0.1, -0.05) is 22.0 Å². The Kier molecular flexibility index (Phi) is 4.27. The van der Waals surface area contributed by atoms with E-state index < -0.39 is 23.5 Å². The summed E-state index contributed by atoms with van der Waals surface area (Å²) in [6, 6.07) is 6.97. The maximum absolute atomic E-state index is 13.9. The van der Waals surface area contributed by atoms with Gasteiger partial charge in [-0.15, -0.1) is 0 Å². The molecule has 0 aliphatic carbocycles. The van der Waals surface area contributed by atoms with E-state index in [1.54, 1.807) is 0 Å². The van der Waals surface area contributed by atoms with Gasteiger partial charge < -0.3 is 5.32 Å². The van der Waals surface area contributed by atoms with Crippen LogP contribution in [0.2, 0.25) is 0 Å². The van der Waals surface area contributed by atoms with Crippen molar-refractivity contribution in [2.75, 3.05) is 7.05 Å². The SMILES string of the molecule is CNC(c1cc(Br)ccc1F)c1c(F)cccc1F. The molecule has 1 N–H and O–H groups in total. The van der Waals surface area contributed by atoms with Crippen LogP contribution in [0, 0.1) is 17.5 Å². The number of halogens is 4. The molecule has 0 fully saturated rings. The Morgan fingerprint density at radius 2 is 1.63 bits per heavy atom. The zero-order valence-electron chi connectivity index (χ0n) is 10.1. The predicted octanol–water partition coefficient (Wildman–Crippen LogP) is 4.18. The van der Waals surface area contributed by atoms with Crippen LogP contribution in [0.4, 0.5) is 13.2 Å². The van der Waals surface area contributed by atoms with E-state index in [2.05, 4.69) is 21.2 Å². The molecule has 0 aliphatic rings. The Morgan fingerprint density at radius 3 is 2.21 bits per heavy atom. The molecule has 19 heavy (non-hydrogen) atoms. The molecule has 0 amide bonds. The second-order valence-corrected chi connectivity index (χ2v) is 4.94. The summed E-state index contributed by atoms with van der Waals surface area (Å²) in [5, 5.41) is 2.74. The summed E-state index contributed by atoms with van der Waals surface area (Å²) in [5.74, 6) is -1.94. The summed E-state index contributed by atoms with van der Waals surface area (Å²) in [4.78, 5) is 0. The van der Waals surface area contributed by atoms with Crippen molar-refractivity contribution in [2.45, 2.75) is 6.04 Å². The molecule has 0 heterocycles. The van der Waals surface area contributed by atoms with Crippen molar-refractivity contribution >= 4 is 15.9 Å². The molecule has 0 radical (unpaired) electrons. The molecule has 100 valence electrons. The summed E-state index contributed by atoms with van der Waals surface area (Å²) in [6.07, 6.45) is 0. The topological polar surface area (TPSA) is 12.0 Å². The molecule has 1 nitrogen and oxygen atoms in total. The summed E-state index contributed by atoms with van der Waals surface area (Å²) in [6.45, 7) is 0. The highest BCUT2D eigenvalue weighted by molar-refractivity contribution is 9.10. The highest BCUT2D eigenvalue weighted by Gasteiger charge is 2.23. The van der Waals surface area contributed by atoms with Crippen LogP contribution < -0.4 is 5.32 Å². The van der Waals surface area contributed by atoms with Gasteiger partial charge in [-0.05, 0) is 37.4 Å². The van der Waals surface area contributed by atoms with Crippen LogP contribution in [0.3, 0.4) is 0 Å². The fourth-order valence-electron chi connectivity index (χ4n) is 1.98. The van der Waals surface area contributed by atoms with Crippen molar-refractivity contribution in [1.82, 2.24) is 5.32 Å². The van der Waals surface area contributed by atoms with Crippen LogP contribution in [-0.2, 0) is 0 Å². The predicted molar refractivity (Wildman–Crippen MR) is 71.4 cm³/mol.